The molecule has 0 heterocycles. The summed E-state index contributed by atoms with van der Waals surface area (Å²) in [7, 11) is 12.9. The highest BCUT2D eigenvalue weighted by Crippen LogP contribution is 2.31. The molecule has 1 atom stereocenters. The van der Waals surface area contributed by atoms with Gasteiger partial charge in [-0.25, -0.2) is 0 Å². The second-order valence-electron chi connectivity index (χ2n) is 7.23. The van der Waals surface area contributed by atoms with Crippen molar-refractivity contribution in [3.63, 3.8) is 0 Å². The van der Waals surface area contributed by atoms with Crippen molar-refractivity contribution in [2.24, 2.45) is 4.99 Å². The van der Waals surface area contributed by atoms with Crippen LogP contribution in [0.1, 0.15) is 17.2 Å². The number of aliphatic imine (C=N–C) groups is 1. The molecule has 164 valence electrons. The number of hydrogen-bond acceptors (Lipinski definition) is 5. The molecule has 7 nitrogen and oxygen atoms in total. The Hall–Kier alpha value is -2.93. The number of ether oxygens (including phenoxy) is 3. The Morgan fingerprint density at radius 1 is 0.933 bits per heavy atom. The summed E-state index contributed by atoms with van der Waals surface area (Å²) in [6.45, 7) is 1.44. The largest absolute Gasteiger partial charge is 0.497 e. The standard InChI is InChI=1S/C23H34N4O3/c1-24-23(27(4)16-17-8-11-19(28-5)12-9-17)25-15-20(26(2)3)18-10-13-21(29-6)22(14-18)30-7/h8-14,20H,15-16H2,1-7H3,(H,24,25). The highest BCUT2D eigenvalue weighted by Gasteiger charge is 2.18. The van der Waals surface area contributed by atoms with Crippen molar-refractivity contribution in [2.45, 2.75) is 12.6 Å². The van der Waals surface area contributed by atoms with Gasteiger partial charge in [0.2, 0.25) is 0 Å². The highest BCUT2D eigenvalue weighted by atomic mass is 16.5. The van der Waals surface area contributed by atoms with Gasteiger partial charge in [0.15, 0.2) is 17.5 Å². The topological polar surface area (TPSA) is 58.6 Å². The Bertz CT molecular complexity index is 822. The Balaban J connectivity index is 2.07. The number of methoxy groups -OCH3 is 3. The van der Waals surface area contributed by atoms with Gasteiger partial charge in [-0.1, -0.05) is 18.2 Å². The molecule has 1 N–H and O–H groups in total. The average Bonchev–Trinajstić information content (AvgIpc) is 2.76. The van der Waals surface area contributed by atoms with E-state index >= 15 is 0 Å². The molecule has 0 fully saturated rings. The van der Waals surface area contributed by atoms with Gasteiger partial charge in [-0.05, 0) is 49.5 Å². The molecule has 2 aromatic carbocycles. The molecule has 2 rings (SSSR count). The number of guanidine groups is 1. The van der Waals surface area contributed by atoms with Crippen molar-refractivity contribution >= 4 is 5.96 Å². The van der Waals surface area contributed by atoms with Gasteiger partial charge in [0.1, 0.15) is 5.75 Å². The van der Waals surface area contributed by atoms with Gasteiger partial charge in [-0.2, -0.15) is 0 Å². The van der Waals surface area contributed by atoms with Gasteiger partial charge in [-0.15, -0.1) is 0 Å². The minimum Gasteiger partial charge on any atom is -0.497 e. The first-order chi connectivity index (χ1) is 14.4. The van der Waals surface area contributed by atoms with E-state index in [9.17, 15) is 0 Å². The Morgan fingerprint density at radius 2 is 1.60 bits per heavy atom. The molecule has 1 unspecified atom stereocenters. The Kier molecular flexibility index (Phi) is 8.80. The van der Waals surface area contributed by atoms with Crippen LogP contribution in [-0.4, -0.2) is 71.8 Å². The van der Waals surface area contributed by atoms with Gasteiger partial charge in [-0.3, -0.25) is 4.99 Å². The monoisotopic (exact) mass is 414 g/mol. The van der Waals surface area contributed by atoms with Crippen LogP contribution in [0.4, 0.5) is 0 Å². The van der Waals surface area contributed by atoms with Crippen molar-refractivity contribution in [1.29, 1.82) is 0 Å². The maximum absolute atomic E-state index is 5.47. The summed E-state index contributed by atoms with van der Waals surface area (Å²) in [5.74, 6) is 3.13. The van der Waals surface area contributed by atoms with Crippen molar-refractivity contribution in [1.82, 2.24) is 15.1 Å². The highest BCUT2D eigenvalue weighted by molar-refractivity contribution is 5.79. The zero-order chi connectivity index (χ0) is 22.1. The van der Waals surface area contributed by atoms with E-state index in [1.165, 1.54) is 5.56 Å². The van der Waals surface area contributed by atoms with Crippen LogP contribution in [0, 0.1) is 0 Å². The van der Waals surface area contributed by atoms with Gasteiger partial charge in [0, 0.05) is 27.2 Å². The normalized spacial score (nSPS) is 12.5. The molecule has 0 aromatic heterocycles. The lowest BCUT2D eigenvalue weighted by Crippen LogP contribution is -2.42. The lowest BCUT2D eigenvalue weighted by atomic mass is 10.1. The molecule has 0 saturated carbocycles. The molecule has 0 saturated heterocycles. The molecular formula is C23H34N4O3. The summed E-state index contributed by atoms with van der Waals surface area (Å²) in [6.07, 6.45) is 0. The fourth-order valence-corrected chi connectivity index (χ4v) is 3.31. The third-order valence-electron chi connectivity index (χ3n) is 5.02. The van der Waals surface area contributed by atoms with Crippen LogP contribution in [0.3, 0.4) is 0 Å². The van der Waals surface area contributed by atoms with Crippen LogP contribution in [0.25, 0.3) is 0 Å². The van der Waals surface area contributed by atoms with Crippen molar-refractivity contribution in [2.75, 3.05) is 56.1 Å². The SMILES string of the molecule is CN=C(NCC(c1ccc(OC)c(OC)c1)N(C)C)N(C)Cc1ccc(OC)cc1. The number of benzene rings is 2. The first kappa shape index (κ1) is 23.3. The minimum absolute atomic E-state index is 0.135. The fourth-order valence-electron chi connectivity index (χ4n) is 3.31. The zero-order valence-corrected chi connectivity index (χ0v) is 19.1. The number of nitrogens with one attached hydrogen (secondary N) is 1. The molecule has 30 heavy (non-hydrogen) atoms. The fraction of sp³-hybridized carbons (Fsp3) is 0.435. The van der Waals surface area contributed by atoms with Crippen molar-refractivity contribution in [3.8, 4) is 17.2 Å². The van der Waals surface area contributed by atoms with Crippen LogP contribution >= 0.6 is 0 Å². The van der Waals surface area contributed by atoms with Crippen molar-refractivity contribution < 1.29 is 14.2 Å². The van der Waals surface area contributed by atoms with Crippen molar-refractivity contribution in [3.05, 3.63) is 53.6 Å². The van der Waals surface area contributed by atoms with Gasteiger partial charge in [0.05, 0.1) is 27.4 Å². The summed E-state index contributed by atoms with van der Waals surface area (Å²) in [5, 5.41) is 3.50. The molecule has 0 aliphatic carbocycles. The molecule has 0 aliphatic rings. The van der Waals surface area contributed by atoms with Gasteiger partial charge < -0.3 is 29.3 Å². The molecular weight excluding hydrogens is 380 g/mol. The third-order valence-corrected chi connectivity index (χ3v) is 5.02. The number of nitrogens with zero attached hydrogens (tertiary/aromatic N) is 3. The van der Waals surface area contributed by atoms with Crippen LogP contribution in [-0.2, 0) is 6.54 Å². The number of hydrogen-bond donors (Lipinski definition) is 1. The molecule has 0 spiro atoms. The second-order valence-corrected chi connectivity index (χ2v) is 7.23. The average molecular weight is 415 g/mol. The van der Waals surface area contributed by atoms with Gasteiger partial charge >= 0.3 is 0 Å². The van der Waals surface area contributed by atoms with E-state index in [1.807, 2.05) is 31.3 Å². The van der Waals surface area contributed by atoms with E-state index in [-0.39, 0.29) is 6.04 Å². The number of rotatable bonds is 9. The molecule has 0 aliphatic heterocycles. The first-order valence-corrected chi connectivity index (χ1v) is 9.86. The first-order valence-electron chi connectivity index (χ1n) is 9.86. The summed E-state index contributed by atoms with van der Waals surface area (Å²) in [5.41, 5.74) is 2.32. The van der Waals surface area contributed by atoms with E-state index in [1.54, 1.807) is 28.4 Å². The number of likely N-dealkylation sites (N-methyl/N-ethyl adjacent to an activating group) is 1. The van der Waals surface area contributed by atoms with E-state index in [2.05, 4.69) is 52.4 Å². The van der Waals surface area contributed by atoms with Crippen LogP contribution in [0.5, 0.6) is 17.2 Å². The van der Waals surface area contributed by atoms with E-state index < -0.39 is 0 Å². The smallest absolute Gasteiger partial charge is 0.193 e. The third kappa shape index (κ3) is 6.03. The van der Waals surface area contributed by atoms with E-state index in [0.29, 0.717) is 6.54 Å². The predicted molar refractivity (Wildman–Crippen MR) is 122 cm³/mol. The lowest BCUT2D eigenvalue weighted by molar-refractivity contribution is 0.293. The van der Waals surface area contributed by atoms with Gasteiger partial charge in [0.25, 0.3) is 0 Å². The molecule has 0 amide bonds. The maximum Gasteiger partial charge on any atom is 0.193 e. The predicted octanol–water partition coefficient (Wildman–Crippen LogP) is 3.02. The van der Waals surface area contributed by atoms with E-state index in [4.69, 9.17) is 14.2 Å². The minimum atomic E-state index is 0.135. The maximum atomic E-state index is 5.47. The van der Waals surface area contributed by atoms with E-state index in [0.717, 1.165) is 35.3 Å². The van der Waals surface area contributed by atoms with Crippen LogP contribution in [0.15, 0.2) is 47.5 Å². The quantitative estimate of drug-likeness (QED) is 0.503. The lowest BCUT2D eigenvalue weighted by Gasteiger charge is -2.29. The molecule has 7 heteroatoms. The summed E-state index contributed by atoms with van der Waals surface area (Å²) in [4.78, 5) is 8.72. The molecule has 0 bridgehead atoms. The van der Waals surface area contributed by atoms with Crippen LogP contribution < -0.4 is 19.5 Å². The Morgan fingerprint density at radius 3 is 2.13 bits per heavy atom. The summed E-state index contributed by atoms with van der Waals surface area (Å²) >= 11 is 0. The summed E-state index contributed by atoms with van der Waals surface area (Å²) < 4.78 is 16.1. The zero-order valence-electron chi connectivity index (χ0n) is 19.1. The molecule has 2 aromatic rings. The second kappa shape index (κ2) is 11.3. The molecule has 0 radical (unpaired) electrons. The Labute approximate surface area is 180 Å². The van der Waals surface area contributed by atoms with Crippen LogP contribution in [0.2, 0.25) is 0 Å². The summed E-state index contributed by atoms with van der Waals surface area (Å²) in [6, 6.07) is 14.2.